The van der Waals surface area contributed by atoms with Crippen LogP contribution >= 0.6 is 0 Å². The van der Waals surface area contributed by atoms with E-state index in [1.54, 1.807) is 13.2 Å². The number of aryl methyl sites for hydroxylation is 1. The van der Waals surface area contributed by atoms with E-state index in [0.29, 0.717) is 23.9 Å². The summed E-state index contributed by atoms with van der Waals surface area (Å²) in [4.78, 5) is 21.2. The van der Waals surface area contributed by atoms with Crippen LogP contribution in [-0.2, 0) is 6.42 Å². The van der Waals surface area contributed by atoms with Crippen LogP contribution in [0.1, 0.15) is 54.0 Å². The van der Waals surface area contributed by atoms with Crippen LogP contribution in [0.25, 0.3) is 0 Å². The first-order valence-electron chi connectivity index (χ1n) is 9.67. The maximum Gasteiger partial charge on any atom is 0.270 e. The summed E-state index contributed by atoms with van der Waals surface area (Å²) in [7, 11) is 1.67. The van der Waals surface area contributed by atoms with Crippen molar-refractivity contribution < 1.29 is 9.53 Å². The monoisotopic (exact) mass is 368 g/mol. The van der Waals surface area contributed by atoms with Crippen LogP contribution in [-0.4, -0.2) is 35.6 Å². The summed E-state index contributed by atoms with van der Waals surface area (Å²) >= 11 is 0. The van der Waals surface area contributed by atoms with Crippen molar-refractivity contribution in [1.82, 2.24) is 15.3 Å². The third kappa shape index (κ3) is 5.67. The minimum atomic E-state index is -0.108. The van der Waals surface area contributed by atoms with Gasteiger partial charge in [0.25, 0.3) is 5.91 Å². The van der Waals surface area contributed by atoms with Crippen LogP contribution < -0.4 is 15.4 Å². The average molecular weight is 368 g/mol. The van der Waals surface area contributed by atoms with Crippen molar-refractivity contribution in [2.45, 2.75) is 51.5 Å². The number of nitrogens with zero attached hydrogens (tertiary/aromatic N) is 2. The Hall–Kier alpha value is -2.63. The minimum Gasteiger partial charge on any atom is -0.497 e. The molecule has 0 bridgehead atoms. The molecule has 0 atom stereocenters. The van der Waals surface area contributed by atoms with E-state index in [4.69, 9.17) is 4.74 Å². The van der Waals surface area contributed by atoms with Crippen molar-refractivity contribution in [3.8, 4) is 5.75 Å². The van der Waals surface area contributed by atoms with Gasteiger partial charge < -0.3 is 15.4 Å². The Morgan fingerprint density at radius 2 is 2.00 bits per heavy atom. The van der Waals surface area contributed by atoms with E-state index in [2.05, 4.69) is 26.7 Å². The number of rotatable bonds is 7. The first kappa shape index (κ1) is 19.1. The van der Waals surface area contributed by atoms with Gasteiger partial charge in [0.1, 0.15) is 23.1 Å². The third-order valence-corrected chi connectivity index (χ3v) is 4.86. The van der Waals surface area contributed by atoms with Crippen molar-refractivity contribution in [2.24, 2.45) is 0 Å². The van der Waals surface area contributed by atoms with E-state index in [1.807, 2.05) is 25.1 Å². The highest BCUT2D eigenvalue weighted by atomic mass is 16.5. The summed E-state index contributed by atoms with van der Waals surface area (Å²) in [6.07, 6.45) is 6.59. The number of amides is 1. The molecule has 1 saturated carbocycles. The summed E-state index contributed by atoms with van der Waals surface area (Å²) in [5, 5.41) is 6.41. The summed E-state index contributed by atoms with van der Waals surface area (Å²) in [6.45, 7) is 2.53. The standard InChI is InChI=1S/C21H28N4O2/c1-15-23-19(21(26)25-17-8-4-3-5-9-17)14-20(24-15)22-12-11-16-7-6-10-18(13-16)27-2/h6-7,10,13-14,17H,3-5,8-9,11-12H2,1-2H3,(H,25,26)(H,22,23,24). The van der Waals surface area contributed by atoms with Gasteiger partial charge in [-0.2, -0.15) is 0 Å². The molecule has 2 N–H and O–H groups in total. The number of anilines is 1. The highest BCUT2D eigenvalue weighted by Gasteiger charge is 2.18. The highest BCUT2D eigenvalue weighted by Crippen LogP contribution is 2.18. The summed E-state index contributed by atoms with van der Waals surface area (Å²) in [5.41, 5.74) is 1.61. The molecule has 0 unspecified atom stereocenters. The molecule has 1 aliphatic rings. The second-order valence-corrected chi connectivity index (χ2v) is 7.02. The quantitative estimate of drug-likeness (QED) is 0.782. The maximum absolute atomic E-state index is 12.5. The van der Waals surface area contributed by atoms with Gasteiger partial charge >= 0.3 is 0 Å². The van der Waals surface area contributed by atoms with Crippen molar-refractivity contribution in [3.63, 3.8) is 0 Å². The first-order chi connectivity index (χ1) is 13.1. The van der Waals surface area contributed by atoms with Gasteiger partial charge in [-0.05, 0) is 43.9 Å². The van der Waals surface area contributed by atoms with Gasteiger partial charge in [-0.3, -0.25) is 4.79 Å². The fourth-order valence-corrected chi connectivity index (χ4v) is 3.44. The molecule has 0 saturated heterocycles. The summed E-state index contributed by atoms with van der Waals surface area (Å²) < 4.78 is 5.25. The molecule has 1 amide bonds. The minimum absolute atomic E-state index is 0.108. The molecule has 6 nitrogen and oxygen atoms in total. The number of ether oxygens (including phenoxy) is 1. The topological polar surface area (TPSA) is 76.1 Å². The van der Waals surface area contributed by atoms with Gasteiger partial charge in [-0.1, -0.05) is 31.4 Å². The number of carbonyl (C=O) groups excluding carboxylic acids is 1. The Balaban J connectivity index is 1.58. The molecule has 144 valence electrons. The molecule has 0 radical (unpaired) electrons. The lowest BCUT2D eigenvalue weighted by atomic mass is 9.95. The Labute approximate surface area is 160 Å². The number of hydrogen-bond donors (Lipinski definition) is 2. The van der Waals surface area contributed by atoms with E-state index in [0.717, 1.165) is 25.0 Å². The molecule has 1 aliphatic carbocycles. The van der Waals surface area contributed by atoms with Crippen LogP contribution in [0.4, 0.5) is 5.82 Å². The first-order valence-corrected chi connectivity index (χ1v) is 9.67. The number of carbonyl (C=O) groups is 1. The fraction of sp³-hybridized carbons (Fsp3) is 0.476. The predicted octanol–water partition coefficient (Wildman–Crippen LogP) is 3.51. The van der Waals surface area contributed by atoms with E-state index < -0.39 is 0 Å². The van der Waals surface area contributed by atoms with Gasteiger partial charge in [0, 0.05) is 18.7 Å². The lowest BCUT2D eigenvalue weighted by Gasteiger charge is -2.22. The zero-order chi connectivity index (χ0) is 19.1. The van der Waals surface area contributed by atoms with Gasteiger partial charge in [-0.15, -0.1) is 0 Å². The van der Waals surface area contributed by atoms with Gasteiger partial charge in [-0.25, -0.2) is 9.97 Å². The molecule has 0 spiro atoms. The number of aromatic nitrogens is 2. The molecule has 1 aromatic heterocycles. The van der Waals surface area contributed by atoms with Gasteiger partial charge in [0.05, 0.1) is 7.11 Å². The second-order valence-electron chi connectivity index (χ2n) is 7.02. The zero-order valence-electron chi connectivity index (χ0n) is 16.1. The number of hydrogen-bond acceptors (Lipinski definition) is 5. The SMILES string of the molecule is COc1cccc(CCNc2cc(C(=O)NC3CCCCC3)nc(C)n2)c1. The van der Waals surface area contributed by atoms with E-state index in [1.165, 1.54) is 24.8 Å². The van der Waals surface area contributed by atoms with Gasteiger partial charge in [0.15, 0.2) is 0 Å². The normalized spacial score (nSPS) is 14.6. The van der Waals surface area contributed by atoms with E-state index in [-0.39, 0.29) is 11.9 Å². The summed E-state index contributed by atoms with van der Waals surface area (Å²) in [5.74, 6) is 2.02. The molecular weight excluding hydrogens is 340 g/mol. The van der Waals surface area contributed by atoms with E-state index in [9.17, 15) is 4.79 Å². The maximum atomic E-state index is 12.5. The fourth-order valence-electron chi connectivity index (χ4n) is 3.44. The van der Waals surface area contributed by atoms with Gasteiger partial charge in [0.2, 0.25) is 0 Å². The van der Waals surface area contributed by atoms with Crippen molar-refractivity contribution >= 4 is 11.7 Å². The molecule has 0 aliphatic heterocycles. The molecule has 1 fully saturated rings. The third-order valence-electron chi connectivity index (χ3n) is 4.86. The number of nitrogens with one attached hydrogen (secondary N) is 2. The molecule has 1 aromatic carbocycles. The van der Waals surface area contributed by atoms with Crippen LogP contribution in [0.3, 0.4) is 0 Å². The Kier molecular flexibility index (Phi) is 6.63. The van der Waals surface area contributed by atoms with Crippen LogP contribution in [0.2, 0.25) is 0 Å². The molecule has 6 heteroatoms. The van der Waals surface area contributed by atoms with Crippen molar-refractivity contribution in [1.29, 1.82) is 0 Å². The molecule has 3 rings (SSSR count). The zero-order valence-corrected chi connectivity index (χ0v) is 16.1. The largest absolute Gasteiger partial charge is 0.497 e. The molecule has 27 heavy (non-hydrogen) atoms. The van der Waals surface area contributed by atoms with Crippen molar-refractivity contribution in [2.75, 3.05) is 19.0 Å². The van der Waals surface area contributed by atoms with Crippen molar-refractivity contribution in [3.05, 3.63) is 47.4 Å². The summed E-state index contributed by atoms with van der Waals surface area (Å²) in [6, 6.07) is 10.0. The highest BCUT2D eigenvalue weighted by molar-refractivity contribution is 5.93. The second kappa shape index (κ2) is 9.35. The number of benzene rings is 1. The Bertz CT molecular complexity index is 773. The smallest absolute Gasteiger partial charge is 0.270 e. The van der Waals surface area contributed by atoms with Crippen LogP contribution in [0.15, 0.2) is 30.3 Å². The molecule has 2 aromatic rings. The molecule has 1 heterocycles. The Morgan fingerprint density at radius 3 is 2.78 bits per heavy atom. The lowest BCUT2D eigenvalue weighted by molar-refractivity contribution is 0.0922. The Morgan fingerprint density at radius 1 is 1.19 bits per heavy atom. The van der Waals surface area contributed by atoms with Crippen LogP contribution in [0, 0.1) is 6.92 Å². The van der Waals surface area contributed by atoms with Crippen LogP contribution in [0.5, 0.6) is 5.75 Å². The number of methoxy groups -OCH3 is 1. The molecular formula is C21H28N4O2. The average Bonchev–Trinajstić information content (AvgIpc) is 2.68. The lowest BCUT2D eigenvalue weighted by Crippen LogP contribution is -2.36. The predicted molar refractivity (Wildman–Crippen MR) is 106 cm³/mol. The van der Waals surface area contributed by atoms with E-state index >= 15 is 0 Å².